The maximum atomic E-state index is 9.65. The molecule has 2 N–H and O–H groups in total. The number of nitrogens with zero attached hydrogens (tertiary/aromatic N) is 1. The summed E-state index contributed by atoms with van der Waals surface area (Å²) in [5.74, 6) is 1.38. The first kappa shape index (κ1) is 17.8. The van der Waals surface area contributed by atoms with Crippen LogP contribution in [-0.2, 0) is 0 Å². The second-order valence-corrected chi connectivity index (χ2v) is 6.31. The fourth-order valence-electron chi connectivity index (χ4n) is 2.42. The van der Waals surface area contributed by atoms with Crippen molar-refractivity contribution in [2.45, 2.75) is 39.3 Å². The lowest BCUT2D eigenvalue weighted by Gasteiger charge is -2.28. The van der Waals surface area contributed by atoms with E-state index in [9.17, 15) is 5.11 Å². The fourth-order valence-corrected chi connectivity index (χ4v) is 2.42. The number of methoxy groups -OCH3 is 1. The standard InChI is InChI=1S/C17H30N2O2/c1-12(2)9-15(19(4)5)11-18-13(3)14-7-8-16(20)17(10-14)21-6/h7-8,10,12-13,15,18,20H,9,11H2,1-6H3. The van der Waals surface area contributed by atoms with Gasteiger partial charge >= 0.3 is 0 Å². The number of ether oxygens (including phenoxy) is 1. The molecule has 21 heavy (non-hydrogen) atoms. The second-order valence-electron chi connectivity index (χ2n) is 6.31. The van der Waals surface area contributed by atoms with Crippen molar-refractivity contribution < 1.29 is 9.84 Å². The third kappa shape index (κ3) is 5.56. The first-order chi connectivity index (χ1) is 9.85. The van der Waals surface area contributed by atoms with Crippen molar-refractivity contribution in [1.29, 1.82) is 0 Å². The smallest absolute Gasteiger partial charge is 0.160 e. The maximum Gasteiger partial charge on any atom is 0.160 e. The van der Waals surface area contributed by atoms with Gasteiger partial charge < -0.3 is 20.1 Å². The summed E-state index contributed by atoms with van der Waals surface area (Å²) in [4.78, 5) is 2.27. The summed E-state index contributed by atoms with van der Waals surface area (Å²) < 4.78 is 5.17. The van der Waals surface area contributed by atoms with Crippen molar-refractivity contribution in [3.05, 3.63) is 23.8 Å². The highest BCUT2D eigenvalue weighted by atomic mass is 16.5. The highest BCUT2D eigenvalue weighted by molar-refractivity contribution is 5.42. The Morgan fingerprint density at radius 1 is 1.24 bits per heavy atom. The highest BCUT2D eigenvalue weighted by Crippen LogP contribution is 2.28. The summed E-state index contributed by atoms with van der Waals surface area (Å²) in [6.45, 7) is 7.58. The van der Waals surface area contributed by atoms with E-state index < -0.39 is 0 Å². The minimum atomic E-state index is 0.180. The molecule has 2 unspecified atom stereocenters. The van der Waals surface area contributed by atoms with E-state index in [1.165, 1.54) is 6.42 Å². The van der Waals surface area contributed by atoms with Crippen LogP contribution in [0.15, 0.2) is 18.2 Å². The second kappa shape index (κ2) is 8.25. The summed E-state index contributed by atoms with van der Waals surface area (Å²) in [6, 6.07) is 6.24. The Bertz CT molecular complexity index is 433. The van der Waals surface area contributed by atoms with Crippen LogP contribution in [0.25, 0.3) is 0 Å². The minimum absolute atomic E-state index is 0.180. The summed E-state index contributed by atoms with van der Waals surface area (Å²) in [5.41, 5.74) is 1.12. The van der Waals surface area contributed by atoms with E-state index in [0.717, 1.165) is 12.1 Å². The third-order valence-corrected chi connectivity index (χ3v) is 3.84. The van der Waals surface area contributed by atoms with Gasteiger partial charge in [0.15, 0.2) is 11.5 Å². The molecule has 0 aromatic heterocycles. The lowest BCUT2D eigenvalue weighted by Crippen LogP contribution is -2.39. The van der Waals surface area contributed by atoms with Gasteiger partial charge in [-0.05, 0) is 51.1 Å². The molecule has 0 heterocycles. The van der Waals surface area contributed by atoms with Crippen molar-refractivity contribution in [3.63, 3.8) is 0 Å². The molecule has 4 nitrogen and oxygen atoms in total. The molecule has 120 valence electrons. The minimum Gasteiger partial charge on any atom is -0.504 e. The molecular weight excluding hydrogens is 264 g/mol. The topological polar surface area (TPSA) is 44.7 Å². The summed E-state index contributed by atoms with van der Waals surface area (Å²) in [7, 11) is 5.83. The van der Waals surface area contributed by atoms with E-state index in [0.29, 0.717) is 17.7 Å². The van der Waals surface area contributed by atoms with Crippen LogP contribution in [0.4, 0.5) is 0 Å². The van der Waals surface area contributed by atoms with Crippen LogP contribution in [-0.4, -0.2) is 43.8 Å². The zero-order chi connectivity index (χ0) is 16.0. The van der Waals surface area contributed by atoms with Gasteiger partial charge in [-0.1, -0.05) is 19.9 Å². The van der Waals surface area contributed by atoms with Gasteiger partial charge in [-0.25, -0.2) is 0 Å². The van der Waals surface area contributed by atoms with Crippen LogP contribution < -0.4 is 10.1 Å². The van der Waals surface area contributed by atoms with E-state index in [2.05, 4.69) is 45.1 Å². The normalized spacial score (nSPS) is 14.5. The molecule has 0 aliphatic carbocycles. The molecule has 2 atom stereocenters. The summed E-state index contributed by atoms with van der Waals surface area (Å²) in [6.07, 6.45) is 1.17. The van der Waals surface area contributed by atoms with Crippen LogP contribution in [0.5, 0.6) is 11.5 Å². The number of phenolic OH excluding ortho intramolecular Hbond substituents is 1. The zero-order valence-electron chi connectivity index (χ0n) is 14.2. The molecule has 0 bridgehead atoms. The van der Waals surface area contributed by atoms with E-state index >= 15 is 0 Å². The van der Waals surface area contributed by atoms with Crippen molar-refractivity contribution in [1.82, 2.24) is 10.2 Å². The fraction of sp³-hybridized carbons (Fsp3) is 0.647. The molecule has 1 rings (SSSR count). The van der Waals surface area contributed by atoms with Crippen molar-refractivity contribution in [2.75, 3.05) is 27.7 Å². The molecule has 4 heteroatoms. The van der Waals surface area contributed by atoms with E-state index in [1.54, 1.807) is 13.2 Å². The molecule has 0 amide bonds. The summed E-state index contributed by atoms with van der Waals surface area (Å²) in [5, 5.41) is 13.2. The predicted molar refractivity (Wildman–Crippen MR) is 88.0 cm³/mol. The number of aromatic hydroxyl groups is 1. The zero-order valence-corrected chi connectivity index (χ0v) is 14.2. The maximum absolute atomic E-state index is 9.65. The Morgan fingerprint density at radius 2 is 1.90 bits per heavy atom. The van der Waals surface area contributed by atoms with Gasteiger partial charge in [-0.2, -0.15) is 0 Å². The predicted octanol–water partition coefficient (Wildman–Crippen LogP) is 3.03. The number of likely N-dealkylation sites (N-methyl/N-ethyl adjacent to an activating group) is 1. The number of phenols is 1. The van der Waals surface area contributed by atoms with Crippen molar-refractivity contribution in [3.8, 4) is 11.5 Å². The highest BCUT2D eigenvalue weighted by Gasteiger charge is 2.15. The summed E-state index contributed by atoms with van der Waals surface area (Å²) >= 11 is 0. The van der Waals surface area contributed by atoms with Crippen LogP contribution in [0.3, 0.4) is 0 Å². The Morgan fingerprint density at radius 3 is 2.43 bits per heavy atom. The Balaban J connectivity index is 2.65. The van der Waals surface area contributed by atoms with Crippen LogP contribution in [0.1, 0.15) is 38.8 Å². The van der Waals surface area contributed by atoms with Gasteiger partial charge in [0.05, 0.1) is 7.11 Å². The van der Waals surface area contributed by atoms with Gasteiger partial charge in [-0.15, -0.1) is 0 Å². The molecule has 0 radical (unpaired) electrons. The number of hydrogen-bond donors (Lipinski definition) is 2. The third-order valence-electron chi connectivity index (χ3n) is 3.84. The molecule has 0 fully saturated rings. The number of hydrogen-bond acceptors (Lipinski definition) is 4. The Kier molecular flexibility index (Phi) is 6.99. The lowest BCUT2D eigenvalue weighted by atomic mass is 10.0. The quantitative estimate of drug-likeness (QED) is 0.773. The molecule has 0 aliphatic heterocycles. The monoisotopic (exact) mass is 294 g/mol. The molecule has 0 aliphatic rings. The van der Waals surface area contributed by atoms with Gasteiger partial charge in [0.25, 0.3) is 0 Å². The Labute approximate surface area is 129 Å². The van der Waals surface area contributed by atoms with Crippen molar-refractivity contribution in [2.24, 2.45) is 5.92 Å². The molecule has 0 spiro atoms. The first-order valence-corrected chi connectivity index (χ1v) is 7.61. The van der Waals surface area contributed by atoms with Gasteiger partial charge in [0.2, 0.25) is 0 Å². The Hall–Kier alpha value is -1.26. The molecule has 1 aromatic carbocycles. The van der Waals surface area contributed by atoms with E-state index in [4.69, 9.17) is 4.74 Å². The number of nitrogens with one attached hydrogen (secondary N) is 1. The van der Waals surface area contributed by atoms with E-state index in [1.807, 2.05) is 12.1 Å². The number of rotatable bonds is 8. The average molecular weight is 294 g/mol. The van der Waals surface area contributed by atoms with Crippen LogP contribution in [0.2, 0.25) is 0 Å². The first-order valence-electron chi connectivity index (χ1n) is 7.61. The number of benzene rings is 1. The van der Waals surface area contributed by atoms with Crippen LogP contribution in [0, 0.1) is 5.92 Å². The SMILES string of the molecule is COc1cc(C(C)NCC(CC(C)C)N(C)C)ccc1O. The van der Waals surface area contributed by atoms with E-state index in [-0.39, 0.29) is 11.8 Å². The van der Waals surface area contributed by atoms with Gasteiger partial charge in [0.1, 0.15) is 0 Å². The lowest BCUT2D eigenvalue weighted by molar-refractivity contribution is 0.242. The largest absolute Gasteiger partial charge is 0.504 e. The van der Waals surface area contributed by atoms with Crippen LogP contribution >= 0.6 is 0 Å². The van der Waals surface area contributed by atoms with Gasteiger partial charge in [0, 0.05) is 18.6 Å². The molecular formula is C17H30N2O2. The molecule has 0 saturated heterocycles. The average Bonchev–Trinajstić information content (AvgIpc) is 2.42. The van der Waals surface area contributed by atoms with Crippen molar-refractivity contribution >= 4 is 0 Å². The molecule has 0 saturated carbocycles. The van der Waals surface area contributed by atoms with Gasteiger partial charge in [-0.3, -0.25) is 0 Å². The molecule has 1 aromatic rings.